The zero-order chi connectivity index (χ0) is 17.6. The van der Waals surface area contributed by atoms with Gasteiger partial charge in [0.1, 0.15) is 11.9 Å². The molecule has 0 fully saturated rings. The smallest absolute Gasteiger partial charge is 0.306 e. The molecular weight excluding hydrogens is 296 g/mol. The van der Waals surface area contributed by atoms with Gasteiger partial charge in [-0.05, 0) is 31.1 Å². The molecular formula is C18H28O5. The Morgan fingerprint density at radius 2 is 1.96 bits per heavy atom. The summed E-state index contributed by atoms with van der Waals surface area (Å²) in [7, 11) is 0. The molecule has 0 aromatic heterocycles. The fourth-order valence-electron chi connectivity index (χ4n) is 3.38. The molecule has 130 valence electrons. The van der Waals surface area contributed by atoms with Gasteiger partial charge in [-0.25, -0.2) is 0 Å². The fourth-order valence-corrected chi connectivity index (χ4v) is 3.38. The number of carboxylic acid groups (broad SMARTS) is 1. The van der Waals surface area contributed by atoms with Crippen LogP contribution in [0.2, 0.25) is 0 Å². The number of ketones is 1. The lowest BCUT2D eigenvalue weighted by Gasteiger charge is -2.39. The van der Waals surface area contributed by atoms with Gasteiger partial charge < -0.3 is 9.84 Å². The molecule has 3 unspecified atom stereocenters. The first-order chi connectivity index (χ1) is 10.6. The SMILES string of the molecule is CC(CC(=O)C1C(C)C=CCC1(C)C)OC(=O)CCCC(=O)O. The lowest BCUT2D eigenvalue weighted by atomic mass is 9.65. The summed E-state index contributed by atoms with van der Waals surface area (Å²) in [5.41, 5.74) is -0.0868. The first-order valence-electron chi connectivity index (χ1n) is 8.24. The van der Waals surface area contributed by atoms with E-state index in [0.29, 0.717) is 0 Å². The summed E-state index contributed by atoms with van der Waals surface area (Å²) < 4.78 is 5.23. The van der Waals surface area contributed by atoms with E-state index in [1.165, 1.54) is 0 Å². The molecule has 0 spiro atoms. The highest BCUT2D eigenvalue weighted by Crippen LogP contribution is 2.41. The number of allylic oxidation sites excluding steroid dienone is 2. The van der Waals surface area contributed by atoms with Crippen LogP contribution >= 0.6 is 0 Å². The summed E-state index contributed by atoms with van der Waals surface area (Å²) in [5.74, 6) is -1.13. The standard InChI is InChI=1S/C18H28O5/c1-12-7-6-10-18(3,4)17(12)14(19)11-13(2)23-16(22)9-5-8-15(20)21/h6-7,12-13,17H,5,8-11H2,1-4H3,(H,20,21). The molecule has 5 heteroatoms. The van der Waals surface area contributed by atoms with Crippen LogP contribution in [0.4, 0.5) is 0 Å². The molecule has 1 aliphatic rings. The van der Waals surface area contributed by atoms with Crippen molar-refractivity contribution in [3.05, 3.63) is 12.2 Å². The van der Waals surface area contributed by atoms with Crippen molar-refractivity contribution in [3.63, 3.8) is 0 Å². The van der Waals surface area contributed by atoms with Gasteiger partial charge in [0.05, 0.1) is 0 Å². The number of rotatable bonds is 8. The van der Waals surface area contributed by atoms with Crippen LogP contribution in [0.1, 0.15) is 59.8 Å². The second kappa shape index (κ2) is 8.27. The van der Waals surface area contributed by atoms with Crippen molar-refractivity contribution < 1.29 is 24.2 Å². The molecule has 1 aliphatic carbocycles. The summed E-state index contributed by atoms with van der Waals surface area (Å²) in [5, 5.41) is 8.54. The van der Waals surface area contributed by atoms with Crippen LogP contribution in [0.15, 0.2) is 12.2 Å². The maximum Gasteiger partial charge on any atom is 0.306 e. The zero-order valence-corrected chi connectivity index (χ0v) is 14.5. The number of hydrogen-bond acceptors (Lipinski definition) is 4. The van der Waals surface area contributed by atoms with E-state index in [-0.39, 0.29) is 48.7 Å². The summed E-state index contributed by atoms with van der Waals surface area (Å²) in [6.07, 6.45) is 5.08. The predicted molar refractivity (Wildman–Crippen MR) is 86.9 cm³/mol. The van der Waals surface area contributed by atoms with Gasteiger partial charge in [-0.3, -0.25) is 14.4 Å². The molecule has 0 saturated carbocycles. The van der Waals surface area contributed by atoms with Crippen LogP contribution in [0, 0.1) is 17.3 Å². The molecule has 23 heavy (non-hydrogen) atoms. The monoisotopic (exact) mass is 324 g/mol. The van der Waals surface area contributed by atoms with Crippen LogP contribution in [-0.4, -0.2) is 28.9 Å². The van der Waals surface area contributed by atoms with Crippen molar-refractivity contribution >= 4 is 17.7 Å². The second-order valence-electron chi connectivity index (χ2n) is 7.18. The molecule has 0 amide bonds. The molecule has 1 rings (SSSR count). The highest BCUT2D eigenvalue weighted by molar-refractivity contribution is 5.83. The Labute approximate surface area is 138 Å². The molecule has 0 saturated heterocycles. The average molecular weight is 324 g/mol. The Morgan fingerprint density at radius 1 is 1.30 bits per heavy atom. The Kier molecular flexibility index (Phi) is 6.98. The van der Waals surface area contributed by atoms with E-state index in [0.717, 1.165) is 6.42 Å². The van der Waals surface area contributed by atoms with Crippen molar-refractivity contribution in [3.8, 4) is 0 Å². The minimum Gasteiger partial charge on any atom is -0.481 e. The Bertz CT molecular complexity index is 478. The fraction of sp³-hybridized carbons (Fsp3) is 0.722. The number of carboxylic acids is 1. The topological polar surface area (TPSA) is 80.7 Å². The van der Waals surface area contributed by atoms with E-state index < -0.39 is 18.0 Å². The molecule has 0 bridgehead atoms. The summed E-state index contributed by atoms with van der Waals surface area (Å²) in [6.45, 7) is 7.95. The number of aliphatic carboxylic acids is 1. The number of carbonyl (C=O) groups excluding carboxylic acids is 2. The first-order valence-corrected chi connectivity index (χ1v) is 8.24. The van der Waals surface area contributed by atoms with Crippen LogP contribution in [-0.2, 0) is 19.1 Å². The maximum absolute atomic E-state index is 12.6. The van der Waals surface area contributed by atoms with Gasteiger partial charge in [0, 0.05) is 25.2 Å². The molecule has 5 nitrogen and oxygen atoms in total. The van der Waals surface area contributed by atoms with Gasteiger partial charge in [0.2, 0.25) is 0 Å². The van der Waals surface area contributed by atoms with Gasteiger partial charge in [0.25, 0.3) is 0 Å². The summed E-state index contributed by atoms with van der Waals surface area (Å²) in [6, 6.07) is 0. The molecule has 0 aromatic rings. The Balaban J connectivity index is 2.48. The molecule has 0 heterocycles. The average Bonchev–Trinajstić information content (AvgIpc) is 2.36. The third kappa shape index (κ3) is 6.16. The molecule has 0 aromatic carbocycles. The largest absolute Gasteiger partial charge is 0.481 e. The Hall–Kier alpha value is -1.65. The number of carbonyl (C=O) groups is 3. The summed E-state index contributed by atoms with van der Waals surface area (Å²) in [4.78, 5) is 34.7. The van der Waals surface area contributed by atoms with E-state index in [9.17, 15) is 14.4 Å². The van der Waals surface area contributed by atoms with Crippen molar-refractivity contribution in [2.75, 3.05) is 0 Å². The van der Waals surface area contributed by atoms with Gasteiger partial charge in [-0.15, -0.1) is 0 Å². The molecule has 3 atom stereocenters. The second-order valence-corrected chi connectivity index (χ2v) is 7.18. The molecule has 1 N–H and O–H groups in total. The van der Waals surface area contributed by atoms with Gasteiger partial charge in [-0.1, -0.05) is 32.9 Å². The van der Waals surface area contributed by atoms with Gasteiger partial charge in [-0.2, -0.15) is 0 Å². The highest BCUT2D eigenvalue weighted by atomic mass is 16.5. The van der Waals surface area contributed by atoms with Crippen LogP contribution in [0.25, 0.3) is 0 Å². The predicted octanol–water partition coefficient (Wildman–Crippen LogP) is 3.37. The molecule has 0 radical (unpaired) electrons. The van der Waals surface area contributed by atoms with Crippen LogP contribution < -0.4 is 0 Å². The van der Waals surface area contributed by atoms with E-state index in [1.54, 1.807) is 6.92 Å². The normalized spacial score (nSPS) is 24.0. The zero-order valence-electron chi connectivity index (χ0n) is 14.5. The maximum atomic E-state index is 12.6. The minimum atomic E-state index is -0.928. The van der Waals surface area contributed by atoms with Crippen molar-refractivity contribution in [2.24, 2.45) is 17.3 Å². The van der Waals surface area contributed by atoms with E-state index in [1.807, 2.05) is 6.92 Å². The quantitative estimate of drug-likeness (QED) is 0.547. The lowest BCUT2D eigenvalue weighted by molar-refractivity contribution is -0.150. The highest BCUT2D eigenvalue weighted by Gasteiger charge is 2.39. The Morgan fingerprint density at radius 3 is 2.52 bits per heavy atom. The third-order valence-corrected chi connectivity index (χ3v) is 4.39. The summed E-state index contributed by atoms with van der Waals surface area (Å²) >= 11 is 0. The number of ether oxygens (including phenoxy) is 1. The third-order valence-electron chi connectivity index (χ3n) is 4.39. The lowest BCUT2D eigenvalue weighted by Crippen LogP contribution is -2.38. The number of esters is 1. The number of hydrogen-bond donors (Lipinski definition) is 1. The van der Waals surface area contributed by atoms with Crippen molar-refractivity contribution in [2.45, 2.75) is 65.9 Å². The van der Waals surface area contributed by atoms with Crippen LogP contribution in [0.3, 0.4) is 0 Å². The van der Waals surface area contributed by atoms with E-state index in [4.69, 9.17) is 9.84 Å². The van der Waals surface area contributed by atoms with Crippen molar-refractivity contribution in [1.29, 1.82) is 0 Å². The van der Waals surface area contributed by atoms with Crippen LogP contribution in [0.5, 0.6) is 0 Å². The van der Waals surface area contributed by atoms with Gasteiger partial charge >= 0.3 is 11.9 Å². The molecule has 0 aliphatic heterocycles. The minimum absolute atomic E-state index is 0.0531. The number of Topliss-reactive ketones (excluding diaryl/α,β-unsaturated/α-hetero) is 1. The van der Waals surface area contributed by atoms with Crippen molar-refractivity contribution in [1.82, 2.24) is 0 Å². The first kappa shape index (κ1) is 19.4. The van der Waals surface area contributed by atoms with Gasteiger partial charge in [0.15, 0.2) is 0 Å². The van der Waals surface area contributed by atoms with E-state index in [2.05, 4.69) is 26.0 Å². The van der Waals surface area contributed by atoms with E-state index >= 15 is 0 Å².